The Morgan fingerprint density at radius 3 is 2.40 bits per heavy atom. The Hall–Kier alpha value is -1.26. The van der Waals surface area contributed by atoms with E-state index in [2.05, 4.69) is 16.9 Å². The molecular formula is C10H21N5. The first-order valence-electron chi connectivity index (χ1n) is 5.52. The van der Waals surface area contributed by atoms with Crippen LogP contribution in [0.15, 0.2) is 9.98 Å². The third-order valence-electron chi connectivity index (χ3n) is 2.86. The summed E-state index contributed by atoms with van der Waals surface area (Å²) in [5.74, 6) is 0.742. The lowest BCUT2D eigenvalue weighted by Gasteiger charge is -2.16. The molecule has 2 atom stereocenters. The van der Waals surface area contributed by atoms with Gasteiger partial charge in [0.1, 0.15) is 0 Å². The van der Waals surface area contributed by atoms with Crippen LogP contribution in [0.1, 0.15) is 39.0 Å². The number of aliphatic imine (C=N–C) groups is 2. The minimum atomic E-state index is -0.0301. The number of nitrogens with zero attached hydrogens (tertiary/aromatic N) is 2. The molecule has 1 fully saturated rings. The predicted molar refractivity (Wildman–Crippen MR) is 63.5 cm³/mol. The van der Waals surface area contributed by atoms with Crippen molar-refractivity contribution in [1.29, 1.82) is 0 Å². The van der Waals surface area contributed by atoms with Crippen molar-refractivity contribution in [1.82, 2.24) is 0 Å². The Labute approximate surface area is 90.8 Å². The van der Waals surface area contributed by atoms with Crippen molar-refractivity contribution in [3.63, 3.8) is 0 Å². The molecule has 86 valence electrons. The second-order valence-corrected chi connectivity index (χ2v) is 4.21. The van der Waals surface area contributed by atoms with Gasteiger partial charge in [0.05, 0.1) is 6.04 Å². The van der Waals surface area contributed by atoms with E-state index in [1.807, 2.05) is 0 Å². The largest absolute Gasteiger partial charge is 0.370 e. The van der Waals surface area contributed by atoms with Gasteiger partial charge in [0.15, 0.2) is 5.96 Å². The molecule has 0 spiro atoms. The summed E-state index contributed by atoms with van der Waals surface area (Å²) >= 11 is 0. The lowest BCUT2D eigenvalue weighted by molar-refractivity contribution is 0.434. The van der Waals surface area contributed by atoms with Gasteiger partial charge >= 0.3 is 0 Å². The van der Waals surface area contributed by atoms with Crippen molar-refractivity contribution in [2.75, 3.05) is 0 Å². The molecule has 1 rings (SSSR count). The maximum absolute atomic E-state index is 5.62. The fourth-order valence-corrected chi connectivity index (χ4v) is 2.00. The fourth-order valence-electron chi connectivity index (χ4n) is 2.00. The zero-order valence-electron chi connectivity index (χ0n) is 9.32. The standard InChI is InChI=1S/C10H21N5/c1-7-5-3-2-4-6-8(7)14-10(13)15-9(11)12/h7-8H,2-6H2,1H3,(H6,11,12,13,14,15). The molecular weight excluding hydrogens is 190 g/mol. The fraction of sp³-hybridized carbons (Fsp3) is 0.800. The Kier molecular flexibility index (Phi) is 4.39. The summed E-state index contributed by atoms with van der Waals surface area (Å²) in [7, 11) is 0. The van der Waals surface area contributed by atoms with E-state index in [1.165, 1.54) is 25.7 Å². The molecule has 1 saturated carbocycles. The quantitative estimate of drug-likeness (QED) is 0.335. The second-order valence-electron chi connectivity index (χ2n) is 4.21. The molecule has 5 heteroatoms. The van der Waals surface area contributed by atoms with Crippen LogP contribution >= 0.6 is 0 Å². The molecule has 1 aliphatic carbocycles. The van der Waals surface area contributed by atoms with Crippen molar-refractivity contribution < 1.29 is 0 Å². The van der Waals surface area contributed by atoms with E-state index >= 15 is 0 Å². The van der Waals surface area contributed by atoms with E-state index in [1.54, 1.807) is 0 Å². The third-order valence-corrected chi connectivity index (χ3v) is 2.86. The lowest BCUT2D eigenvalue weighted by atomic mass is 9.98. The van der Waals surface area contributed by atoms with Crippen molar-refractivity contribution in [3.05, 3.63) is 0 Å². The van der Waals surface area contributed by atoms with Gasteiger partial charge in [-0.1, -0.05) is 26.2 Å². The molecule has 0 saturated heterocycles. The van der Waals surface area contributed by atoms with Gasteiger partial charge in [-0.3, -0.25) is 0 Å². The Bertz CT molecular complexity index is 255. The first kappa shape index (κ1) is 11.8. The van der Waals surface area contributed by atoms with Crippen LogP contribution in [0.5, 0.6) is 0 Å². The number of guanidine groups is 2. The predicted octanol–water partition coefficient (Wildman–Crippen LogP) is 0.543. The maximum atomic E-state index is 5.62. The number of rotatable bonds is 1. The van der Waals surface area contributed by atoms with Gasteiger partial charge in [-0.15, -0.1) is 0 Å². The van der Waals surface area contributed by atoms with Gasteiger partial charge in [-0.05, 0) is 18.8 Å². The number of hydrogen-bond acceptors (Lipinski definition) is 1. The molecule has 0 aromatic heterocycles. The average molecular weight is 211 g/mol. The Morgan fingerprint density at radius 1 is 1.07 bits per heavy atom. The van der Waals surface area contributed by atoms with Crippen molar-refractivity contribution >= 4 is 11.9 Å². The molecule has 0 heterocycles. The first-order chi connectivity index (χ1) is 7.09. The van der Waals surface area contributed by atoms with Crippen LogP contribution in [-0.2, 0) is 0 Å². The summed E-state index contributed by atoms with van der Waals surface area (Å²) in [6, 6.07) is 0.274. The summed E-state index contributed by atoms with van der Waals surface area (Å²) in [5, 5.41) is 0. The van der Waals surface area contributed by atoms with Crippen LogP contribution in [0.3, 0.4) is 0 Å². The molecule has 0 amide bonds. The van der Waals surface area contributed by atoms with E-state index in [-0.39, 0.29) is 18.0 Å². The molecule has 2 unspecified atom stereocenters. The molecule has 15 heavy (non-hydrogen) atoms. The SMILES string of the molecule is CC1CCCCCC1N=C(N)N=C(N)N. The lowest BCUT2D eigenvalue weighted by Crippen LogP contribution is -2.28. The summed E-state index contributed by atoms with van der Waals surface area (Å²) in [6.45, 7) is 2.21. The van der Waals surface area contributed by atoms with Crippen LogP contribution in [0, 0.1) is 5.92 Å². The van der Waals surface area contributed by atoms with Gasteiger partial charge < -0.3 is 17.2 Å². The highest BCUT2D eigenvalue weighted by atomic mass is 15.1. The topological polar surface area (TPSA) is 103 Å². The zero-order chi connectivity index (χ0) is 11.3. The van der Waals surface area contributed by atoms with E-state index in [9.17, 15) is 0 Å². The molecule has 0 aromatic carbocycles. The summed E-state index contributed by atoms with van der Waals surface area (Å²) in [4.78, 5) is 8.10. The van der Waals surface area contributed by atoms with Crippen LogP contribution in [0.25, 0.3) is 0 Å². The number of nitrogens with two attached hydrogens (primary N) is 3. The van der Waals surface area contributed by atoms with E-state index in [0.29, 0.717) is 5.92 Å². The Morgan fingerprint density at radius 2 is 1.73 bits per heavy atom. The van der Waals surface area contributed by atoms with Crippen LogP contribution < -0.4 is 17.2 Å². The molecule has 0 aromatic rings. The molecule has 5 nitrogen and oxygen atoms in total. The van der Waals surface area contributed by atoms with E-state index < -0.39 is 0 Å². The highest BCUT2D eigenvalue weighted by Crippen LogP contribution is 2.25. The normalized spacial score (nSPS) is 28.2. The Balaban J connectivity index is 2.64. The molecule has 0 radical (unpaired) electrons. The minimum absolute atomic E-state index is 0.0301. The van der Waals surface area contributed by atoms with Crippen LogP contribution in [0.2, 0.25) is 0 Å². The van der Waals surface area contributed by atoms with Crippen molar-refractivity contribution in [3.8, 4) is 0 Å². The average Bonchev–Trinajstić information content (AvgIpc) is 2.30. The van der Waals surface area contributed by atoms with Crippen LogP contribution in [-0.4, -0.2) is 18.0 Å². The van der Waals surface area contributed by atoms with Crippen molar-refractivity contribution in [2.24, 2.45) is 33.1 Å². The minimum Gasteiger partial charge on any atom is -0.370 e. The molecule has 6 N–H and O–H groups in total. The van der Waals surface area contributed by atoms with Crippen LogP contribution in [0.4, 0.5) is 0 Å². The van der Waals surface area contributed by atoms with Gasteiger partial charge in [0.2, 0.25) is 5.96 Å². The third kappa shape index (κ3) is 4.18. The van der Waals surface area contributed by atoms with E-state index in [4.69, 9.17) is 17.2 Å². The molecule has 1 aliphatic rings. The number of hydrogen-bond donors (Lipinski definition) is 3. The molecule has 0 aliphatic heterocycles. The maximum Gasteiger partial charge on any atom is 0.218 e. The van der Waals surface area contributed by atoms with Gasteiger partial charge in [0, 0.05) is 0 Å². The highest BCUT2D eigenvalue weighted by Gasteiger charge is 2.19. The summed E-state index contributed by atoms with van der Waals surface area (Å²) in [6.07, 6.45) is 6.09. The highest BCUT2D eigenvalue weighted by molar-refractivity contribution is 5.92. The first-order valence-corrected chi connectivity index (χ1v) is 5.52. The zero-order valence-corrected chi connectivity index (χ0v) is 9.32. The van der Waals surface area contributed by atoms with Gasteiger partial charge in [-0.2, -0.15) is 4.99 Å². The van der Waals surface area contributed by atoms with E-state index in [0.717, 1.165) is 6.42 Å². The smallest absolute Gasteiger partial charge is 0.218 e. The summed E-state index contributed by atoms with van der Waals surface area (Å²) in [5.41, 5.74) is 16.1. The molecule has 0 bridgehead atoms. The van der Waals surface area contributed by atoms with Gasteiger partial charge in [-0.25, -0.2) is 4.99 Å². The monoisotopic (exact) mass is 211 g/mol. The van der Waals surface area contributed by atoms with Crippen molar-refractivity contribution in [2.45, 2.75) is 45.1 Å². The summed E-state index contributed by atoms with van der Waals surface area (Å²) < 4.78 is 0. The van der Waals surface area contributed by atoms with Gasteiger partial charge in [0.25, 0.3) is 0 Å². The second kappa shape index (κ2) is 5.58.